The van der Waals surface area contributed by atoms with E-state index < -0.39 is 0 Å². The van der Waals surface area contributed by atoms with E-state index in [1.165, 1.54) is 0 Å². The van der Waals surface area contributed by atoms with E-state index in [-0.39, 0.29) is 11.4 Å². The van der Waals surface area contributed by atoms with Gasteiger partial charge in [0.2, 0.25) is 5.91 Å². The first-order valence-electron chi connectivity index (χ1n) is 9.08. The van der Waals surface area contributed by atoms with E-state index in [4.69, 9.17) is 5.73 Å². The zero-order valence-corrected chi connectivity index (χ0v) is 14.8. The Bertz CT molecular complexity index is 704. The Kier molecular flexibility index (Phi) is 5.38. The lowest BCUT2D eigenvalue weighted by Gasteiger charge is -2.26. The maximum Gasteiger partial charge on any atom is 0.240 e. The zero-order valence-electron chi connectivity index (χ0n) is 14.8. The quantitative estimate of drug-likeness (QED) is 0.673. The summed E-state index contributed by atoms with van der Waals surface area (Å²) in [7, 11) is 0. The van der Waals surface area contributed by atoms with Crippen molar-refractivity contribution >= 4 is 11.7 Å². The molecule has 1 saturated heterocycles. The van der Waals surface area contributed by atoms with E-state index in [0.717, 1.165) is 50.0 Å². The molecule has 6 heteroatoms. The number of carbonyl (C=O) groups excluding carboxylic acids is 1. The Hall–Kier alpha value is -2.34. The lowest BCUT2D eigenvalue weighted by Crippen LogP contribution is -2.53. The normalized spacial score (nSPS) is 19.9. The lowest BCUT2D eigenvalue weighted by atomic mass is 9.93. The minimum Gasteiger partial charge on any atom is -0.384 e. The van der Waals surface area contributed by atoms with Crippen LogP contribution in [0.5, 0.6) is 0 Å². The van der Waals surface area contributed by atoms with Crippen molar-refractivity contribution in [2.75, 3.05) is 18.8 Å². The number of carbonyl (C=O) groups is 1. The molecule has 1 aromatic heterocycles. The number of rotatable bonds is 7. The molecule has 1 aromatic carbocycles. The van der Waals surface area contributed by atoms with Crippen molar-refractivity contribution in [1.82, 2.24) is 20.4 Å². The first-order chi connectivity index (χ1) is 12.1. The molecular weight excluding hydrogens is 314 g/mol. The van der Waals surface area contributed by atoms with Crippen molar-refractivity contribution in [3.8, 4) is 5.69 Å². The number of aromatic nitrogens is 2. The van der Waals surface area contributed by atoms with Gasteiger partial charge in [0.1, 0.15) is 5.82 Å². The van der Waals surface area contributed by atoms with Crippen molar-refractivity contribution in [1.29, 1.82) is 0 Å². The van der Waals surface area contributed by atoms with Gasteiger partial charge in [-0.25, -0.2) is 4.68 Å². The molecule has 2 aromatic rings. The molecule has 3 rings (SSSR count). The van der Waals surface area contributed by atoms with Gasteiger partial charge in [-0.15, -0.1) is 0 Å². The average molecular weight is 341 g/mol. The number of anilines is 1. The number of hydrogen-bond acceptors (Lipinski definition) is 4. The number of nitrogens with zero attached hydrogens (tertiary/aromatic N) is 2. The second-order valence-electron chi connectivity index (χ2n) is 6.63. The molecule has 25 heavy (non-hydrogen) atoms. The van der Waals surface area contributed by atoms with Crippen molar-refractivity contribution < 1.29 is 4.79 Å². The number of para-hydroxylation sites is 1. The van der Waals surface area contributed by atoms with E-state index in [1.54, 1.807) is 4.68 Å². The minimum atomic E-state index is -0.362. The molecule has 2 heterocycles. The van der Waals surface area contributed by atoms with Crippen LogP contribution in [0.4, 0.5) is 5.82 Å². The summed E-state index contributed by atoms with van der Waals surface area (Å²) in [5.74, 6) is 0.757. The first kappa shape index (κ1) is 17.5. The highest BCUT2D eigenvalue weighted by Crippen LogP contribution is 2.23. The molecule has 0 bridgehead atoms. The maximum atomic E-state index is 12.4. The van der Waals surface area contributed by atoms with Gasteiger partial charge < -0.3 is 16.4 Å². The molecule has 1 atom stereocenters. The molecule has 1 amide bonds. The SMILES string of the molecule is CCC1(C(=O)NCCCc2cc(N)n(-c3ccccc3)n2)CCCN1. The van der Waals surface area contributed by atoms with Crippen LogP contribution in [-0.4, -0.2) is 34.3 Å². The van der Waals surface area contributed by atoms with Gasteiger partial charge in [-0.1, -0.05) is 25.1 Å². The van der Waals surface area contributed by atoms with Crippen LogP contribution < -0.4 is 16.4 Å². The zero-order chi connectivity index (χ0) is 17.7. The highest BCUT2D eigenvalue weighted by Gasteiger charge is 2.38. The maximum absolute atomic E-state index is 12.4. The molecule has 0 saturated carbocycles. The van der Waals surface area contributed by atoms with Crippen molar-refractivity contribution in [2.45, 2.75) is 44.6 Å². The molecule has 1 fully saturated rings. The molecule has 134 valence electrons. The van der Waals surface area contributed by atoms with Crippen LogP contribution in [-0.2, 0) is 11.2 Å². The highest BCUT2D eigenvalue weighted by molar-refractivity contribution is 5.86. The van der Waals surface area contributed by atoms with Crippen LogP contribution in [0, 0.1) is 0 Å². The Morgan fingerprint density at radius 3 is 2.88 bits per heavy atom. The molecule has 1 unspecified atom stereocenters. The number of nitrogens with two attached hydrogens (primary N) is 1. The Labute approximate surface area is 148 Å². The third-order valence-electron chi connectivity index (χ3n) is 4.97. The van der Waals surface area contributed by atoms with E-state index in [1.807, 2.05) is 36.4 Å². The predicted octanol–water partition coefficient (Wildman–Crippen LogP) is 2.04. The van der Waals surface area contributed by atoms with Crippen LogP contribution in [0.15, 0.2) is 36.4 Å². The fourth-order valence-electron chi connectivity index (χ4n) is 3.45. The summed E-state index contributed by atoms with van der Waals surface area (Å²) in [5.41, 5.74) is 7.60. The highest BCUT2D eigenvalue weighted by atomic mass is 16.2. The van der Waals surface area contributed by atoms with Crippen LogP contribution in [0.2, 0.25) is 0 Å². The number of benzene rings is 1. The molecule has 0 radical (unpaired) electrons. The summed E-state index contributed by atoms with van der Waals surface area (Å²) in [6.07, 6.45) is 4.45. The van der Waals surface area contributed by atoms with Crippen LogP contribution in [0.3, 0.4) is 0 Å². The smallest absolute Gasteiger partial charge is 0.240 e. The van der Waals surface area contributed by atoms with Crippen molar-refractivity contribution in [3.05, 3.63) is 42.1 Å². The molecule has 6 nitrogen and oxygen atoms in total. The molecule has 1 aliphatic rings. The minimum absolute atomic E-state index is 0.127. The number of nitrogens with one attached hydrogen (secondary N) is 2. The second-order valence-corrected chi connectivity index (χ2v) is 6.63. The summed E-state index contributed by atoms with van der Waals surface area (Å²) >= 11 is 0. The number of amides is 1. The Morgan fingerprint density at radius 2 is 2.20 bits per heavy atom. The van der Waals surface area contributed by atoms with Gasteiger partial charge in [-0.2, -0.15) is 5.10 Å². The third-order valence-corrected chi connectivity index (χ3v) is 4.97. The third kappa shape index (κ3) is 3.85. The van der Waals surface area contributed by atoms with Crippen LogP contribution >= 0.6 is 0 Å². The summed E-state index contributed by atoms with van der Waals surface area (Å²) in [6, 6.07) is 11.8. The van der Waals surface area contributed by atoms with Gasteiger partial charge in [-0.05, 0) is 50.8 Å². The second kappa shape index (κ2) is 7.70. The van der Waals surface area contributed by atoms with Gasteiger partial charge in [0, 0.05) is 12.6 Å². The average Bonchev–Trinajstić information content (AvgIpc) is 3.27. The fraction of sp³-hybridized carbons (Fsp3) is 0.474. The van der Waals surface area contributed by atoms with E-state index in [9.17, 15) is 4.79 Å². The number of nitrogen functional groups attached to an aromatic ring is 1. The summed E-state index contributed by atoms with van der Waals surface area (Å²) in [6.45, 7) is 3.65. The standard InChI is InChI=1S/C19H27N5O/c1-2-19(11-7-13-22-19)18(25)21-12-6-8-15-14-17(20)24(23-15)16-9-4-3-5-10-16/h3-5,9-10,14,22H,2,6-8,11-13,20H2,1H3,(H,21,25). The van der Waals surface area contributed by atoms with Crippen LogP contribution in [0.1, 0.15) is 38.3 Å². The summed E-state index contributed by atoms with van der Waals surface area (Å²) in [4.78, 5) is 12.4. The van der Waals surface area contributed by atoms with Gasteiger partial charge >= 0.3 is 0 Å². The van der Waals surface area contributed by atoms with Crippen LogP contribution in [0.25, 0.3) is 5.69 Å². The van der Waals surface area contributed by atoms with Gasteiger partial charge in [-0.3, -0.25) is 4.79 Å². The lowest BCUT2D eigenvalue weighted by molar-refractivity contribution is -0.127. The number of hydrogen-bond donors (Lipinski definition) is 3. The molecular formula is C19H27N5O. The Morgan fingerprint density at radius 1 is 1.40 bits per heavy atom. The fourth-order valence-corrected chi connectivity index (χ4v) is 3.45. The summed E-state index contributed by atoms with van der Waals surface area (Å²) in [5, 5.41) is 11.0. The van der Waals surface area contributed by atoms with E-state index >= 15 is 0 Å². The predicted molar refractivity (Wildman–Crippen MR) is 99.6 cm³/mol. The molecule has 4 N–H and O–H groups in total. The van der Waals surface area contributed by atoms with E-state index in [2.05, 4.69) is 22.7 Å². The van der Waals surface area contributed by atoms with Gasteiger partial charge in [0.15, 0.2) is 0 Å². The first-order valence-corrected chi connectivity index (χ1v) is 9.08. The summed E-state index contributed by atoms with van der Waals surface area (Å²) < 4.78 is 1.75. The number of aryl methyl sites for hydroxylation is 1. The van der Waals surface area contributed by atoms with Crippen molar-refractivity contribution in [3.63, 3.8) is 0 Å². The molecule has 1 aliphatic heterocycles. The van der Waals surface area contributed by atoms with Crippen molar-refractivity contribution in [2.24, 2.45) is 0 Å². The molecule has 0 aliphatic carbocycles. The largest absolute Gasteiger partial charge is 0.384 e. The van der Waals surface area contributed by atoms with Gasteiger partial charge in [0.25, 0.3) is 0 Å². The van der Waals surface area contributed by atoms with E-state index in [0.29, 0.717) is 12.4 Å². The Balaban J connectivity index is 1.51. The van der Waals surface area contributed by atoms with Gasteiger partial charge in [0.05, 0.1) is 16.9 Å². The topological polar surface area (TPSA) is 85.0 Å². The molecule has 0 spiro atoms. The monoisotopic (exact) mass is 341 g/mol.